The van der Waals surface area contributed by atoms with Gasteiger partial charge in [-0.05, 0) is 0 Å². The lowest BCUT2D eigenvalue weighted by Crippen LogP contribution is -2.81. The summed E-state index contributed by atoms with van der Waals surface area (Å²) in [6, 6.07) is 0. The second kappa shape index (κ2) is 4.27. The minimum absolute atomic E-state index is 1.95. The third kappa shape index (κ3) is 2.21. The van der Waals surface area contributed by atoms with Gasteiger partial charge in [-0.3, -0.25) is 0 Å². The average molecular weight is 278 g/mol. The molecule has 0 aliphatic carbocycles. The number of rotatable bonds is 5. The summed E-state index contributed by atoms with van der Waals surface area (Å²) in [6.45, 7) is -1.95. The van der Waals surface area contributed by atoms with E-state index < -0.39 is 35.7 Å². The smallest absolute Gasteiger partial charge is 0.338 e. The predicted molar refractivity (Wildman–Crippen MR) is 45.1 cm³/mol. The molecule has 0 bridgehead atoms. The van der Waals surface area contributed by atoms with E-state index in [1.165, 1.54) is 0 Å². The van der Waals surface area contributed by atoms with Crippen LogP contribution in [0, 0.1) is 0 Å². The van der Waals surface area contributed by atoms with Gasteiger partial charge in [0, 0.05) is 0 Å². The molecule has 0 aromatic heterocycles. The van der Waals surface area contributed by atoms with Crippen molar-refractivity contribution in [1.82, 2.24) is 0 Å². The second-order valence-electron chi connectivity index (χ2n) is 3.63. The molecular formula is C6H14O12. The Hall–Kier alpha value is -0.480. The molecule has 12 nitrogen and oxygen atoms in total. The lowest BCUT2D eigenvalue weighted by molar-refractivity contribution is -0.566. The summed E-state index contributed by atoms with van der Waals surface area (Å²) < 4.78 is 0. The molecule has 0 saturated carbocycles. The molecule has 0 aliphatic rings. The first-order chi connectivity index (χ1) is 7.56. The lowest BCUT2D eigenvalue weighted by Gasteiger charge is -2.48. The minimum Gasteiger partial charge on any atom is -0.391 e. The molecule has 0 amide bonds. The molecular weight excluding hydrogens is 264 g/mol. The van der Waals surface area contributed by atoms with Crippen LogP contribution in [-0.4, -0.2) is 97.0 Å². The van der Waals surface area contributed by atoms with Crippen molar-refractivity contribution < 1.29 is 61.3 Å². The fraction of sp³-hybridized carbons (Fsp3) is 1.00. The molecule has 0 aromatic carbocycles. The van der Waals surface area contributed by atoms with E-state index in [-0.39, 0.29) is 0 Å². The van der Waals surface area contributed by atoms with Crippen LogP contribution in [0.25, 0.3) is 0 Å². The largest absolute Gasteiger partial charge is 0.391 e. The summed E-state index contributed by atoms with van der Waals surface area (Å²) in [6.07, 6.45) is 0. The molecule has 12 N–H and O–H groups in total. The van der Waals surface area contributed by atoms with Crippen molar-refractivity contribution in [3.05, 3.63) is 0 Å². The van der Waals surface area contributed by atoms with Crippen molar-refractivity contribution in [3.63, 3.8) is 0 Å². The van der Waals surface area contributed by atoms with Crippen LogP contribution in [0.15, 0.2) is 0 Å². The van der Waals surface area contributed by atoms with Crippen LogP contribution in [0.2, 0.25) is 0 Å². The predicted octanol–water partition coefficient (Wildman–Crippen LogP) is -7.67. The van der Waals surface area contributed by atoms with Crippen LogP contribution < -0.4 is 0 Å². The number of aliphatic hydroxyl groups is 12. The summed E-state index contributed by atoms with van der Waals surface area (Å²) in [5, 5.41) is 105. The molecule has 0 spiro atoms. The van der Waals surface area contributed by atoms with Gasteiger partial charge in [0.2, 0.25) is 5.79 Å². The molecule has 0 unspecified atom stereocenters. The van der Waals surface area contributed by atoms with Crippen molar-refractivity contribution in [2.45, 2.75) is 29.1 Å². The van der Waals surface area contributed by atoms with Gasteiger partial charge in [0.1, 0.15) is 6.61 Å². The molecule has 0 fully saturated rings. The maximum Gasteiger partial charge on any atom is 0.338 e. The lowest BCUT2D eigenvalue weighted by atomic mass is 9.88. The highest BCUT2D eigenvalue weighted by molar-refractivity contribution is 5.02. The van der Waals surface area contributed by atoms with Gasteiger partial charge < -0.3 is 61.3 Å². The molecule has 110 valence electrons. The fourth-order valence-electron chi connectivity index (χ4n) is 0.866. The fourth-order valence-corrected chi connectivity index (χ4v) is 0.866. The molecule has 18 heavy (non-hydrogen) atoms. The number of hydrogen-bond donors (Lipinski definition) is 12. The van der Waals surface area contributed by atoms with Crippen LogP contribution in [0.4, 0.5) is 0 Å². The Morgan fingerprint density at radius 3 is 1.06 bits per heavy atom. The van der Waals surface area contributed by atoms with E-state index in [0.29, 0.717) is 0 Å². The van der Waals surface area contributed by atoms with Gasteiger partial charge in [-0.15, -0.1) is 0 Å². The normalized spacial score (nSPS) is 16.0. The average Bonchev–Trinajstić information content (AvgIpc) is 2.15. The molecule has 12 heteroatoms. The summed E-state index contributed by atoms with van der Waals surface area (Å²) in [5.41, 5.74) is 0. The highest BCUT2D eigenvalue weighted by Crippen LogP contribution is 2.37. The van der Waals surface area contributed by atoms with E-state index in [0.717, 1.165) is 0 Å². The molecule has 0 radical (unpaired) electrons. The first kappa shape index (κ1) is 17.5. The zero-order chi connectivity index (χ0) is 15.2. The maximum absolute atomic E-state index is 9.02. The van der Waals surface area contributed by atoms with Crippen molar-refractivity contribution in [1.29, 1.82) is 0 Å². The molecule has 0 rings (SSSR count). The Balaban J connectivity index is 5.80. The summed E-state index contributed by atoms with van der Waals surface area (Å²) >= 11 is 0. The molecule has 0 aromatic rings. The Kier molecular flexibility index (Phi) is 4.16. The summed E-state index contributed by atoms with van der Waals surface area (Å²) in [5.74, 6) is -23.4. The minimum atomic E-state index is -4.93. The standard InChI is InChI=1S/C6H14O12/c7-1-2(8,9)3(10,11)4(12,13)5(14,15)6(16,17)18/h7-18H,1H2. The SMILES string of the molecule is OCC(O)(O)C(O)(O)C(O)(O)C(O)(O)C(O)(O)O. The second-order valence-corrected chi connectivity index (χ2v) is 3.63. The highest BCUT2D eigenvalue weighted by atomic mass is 16.8. The Bertz CT molecular complexity index is 298. The summed E-state index contributed by atoms with van der Waals surface area (Å²) in [7, 11) is 0. The van der Waals surface area contributed by atoms with E-state index in [1.807, 2.05) is 0 Å². The maximum atomic E-state index is 9.02. The van der Waals surface area contributed by atoms with E-state index >= 15 is 0 Å². The molecule has 0 atom stereocenters. The topological polar surface area (TPSA) is 243 Å². The number of hydrogen-bond acceptors (Lipinski definition) is 12. The number of aliphatic hydroxyl groups excluding tert-OH is 1. The van der Waals surface area contributed by atoms with Gasteiger partial charge >= 0.3 is 11.8 Å². The van der Waals surface area contributed by atoms with Crippen molar-refractivity contribution in [2.24, 2.45) is 0 Å². The van der Waals surface area contributed by atoms with E-state index in [2.05, 4.69) is 0 Å². The van der Waals surface area contributed by atoms with Crippen molar-refractivity contribution in [2.75, 3.05) is 6.61 Å². The van der Waals surface area contributed by atoms with Crippen LogP contribution in [0.1, 0.15) is 0 Å². The van der Waals surface area contributed by atoms with Crippen molar-refractivity contribution in [3.8, 4) is 0 Å². The van der Waals surface area contributed by atoms with Gasteiger partial charge in [0.05, 0.1) is 0 Å². The zero-order valence-electron chi connectivity index (χ0n) is 8.57. The summed E-state index contributed by atoms with van der Waals surface area (Å²) in [4.78, 5) is 0. The first-order valence-corrected chi connectivity index (χ1v) is 4.13. The monoisotopic (exact) mass is 278 g/mol. The Morgan fingerprint density at radius 1 is 0.500 bits per heavy atom. The zero-order valence-corrected chi connectivity index (χ0v) is 8.57. The van der Waals surface area contributed by atoms with Crippen LogP contribution in [-0.2, 0) is 0 Å². The molecule has 0 heterocycles. The van der Waals surface area contributed by atoms with Gasteiger partial charge in [-0.2, -0.15) is 0 Å². The molecule has 0 saturated heterocycles. The van der Waals surface area contributed by atoms with E-state index in [9.17, 15) is 0 Å². The van der Waals surface area contributed by atoms with Gasteiger partial charge in [0.25, 0.3) is 11.6 Å². The van der Waals surface area contributed by atoms with E-state index in [4.69, 9.17) is 61.3 Å². The third-order valence-electron chi connectivity index (χ3n) is 2.22. The highest BCUT2D eigenvalue weighted by Gasteiger charge is 2.75. The van der Waals surface area contributed by atoms with E-state index in [1.54, 1.807) is 0 Å². The Labute approximate surface area is 98.1 Å². The van der Waals surface area contributed by atoms with Crippen LogP contribution in [0.3, 0.4) is 0 Å². The molecule has 0 aliphatic heterocycles. The van der Waals surface area contributed by atoms with Gasteiger partial charge in [-0.25, -0.2) is 0 Å². The van der Waals surface area contributed by atoms with Gasteiger partial charge in [-0.1, -0.05) is 0 Å². The Morgan fingerprint density at radius 2 is 0.833 bits per heavy atom. The van der Waals surface area contributed by atoms with Crippen molar-refractivity contribution >= 4 is 0 Å². The first-order valence-electron chi connectivity index (χ1n) is 4.13. The third-order valence-corrected chi connectivity index (χ3v) is 2.22. The van der Waals surface area contributed by atoms with Gasteiger partial charge in [0.15, 0.2) is 0 Å². The van der Waals surface area contributed by atoms with Crippen LogP contribution >= 0.6 is 0 Å². The van der Waals surface area contributed by atoms with Crippen LogP contribution in [0.5, 0.6) is 0 Å². The quantitative estimate of drug-likeness (QED) is 0.210.